The summed E-state index contributed by atoms with van der Waals surface area (Å²) in [5, 5.41) is 5.17. The molecule has 3 amide bonds. The van der Waals surface area contributed by atoms with Gasteiger partial charge in [-0.05, 0) is 30.7 Å². The van der Waals surface area contributed by atoms with Gasteiger partial charge in [-0.3, -0.25) is 19.3 Å². The number of anilines is 1. The van der Waals surface area contributed by atoms with Crippen molar-refractivity contribution in [3.05, 3.63) is 69.0 Å². The van der Waals surface area contributed by atoms with Crippen LogP contribution >= 0.6 is 27.3 Å². The molecule has 1 N–H and O–H groups in total. The summed E-state index contributed by atoms with van der Waals surface area (Å²) in [6.07, 6.45) is 0. The number of benzene rings is 2. The van der Waals surface area contributed by atoms with Gasteiger partial charge < -0.3 is 5.32 Å². The molecule has 146 valence electrons. The zero-order valence-corrected chi connectivity index (χ0v) is 18.0. The SMILES string of the molecule is CC(C(=O)Nc1nc(-c2ccc(Br)cc2)cs1)c1cccc2c1C(=O)N(C)C2=O. The summed E-state index contributed by atoms with van der Waals surface area (Å²) in [5.41, 5.74) is 2.89. The lowest BCUT2D eigenvalue weighted by atomic mass is 9.92. The Balaban J connectivity index is 1.56. The van der Waals surface area contributed by atoms with E-state index in [4.69, 9.17) is 0 Å². The Morgan fingerprint density at radius 2 is 1.86 bits per heavy atom. The Labute approximate surface area is 179 Å². The van der Waals surface area contributed by atoms with Crippen LogP contribution in [0.15, 0.2) is 52.3 Å². The molecule has 0 fully saturated rings. The molecule has 6 nitrogen and oxygen atoms in total. The molecule has 1 aliphatic rings. The molecular formula is C21H16BrN3O3S. The molecule has 1 atom stereocenters. The molecule has 1 aliphatic heterocycles. The molecular weight excluding hydrogens is 454 g/mol. The number of imide groups is 1. The minimum Gasteiger partial charge on any atom is -0.301 e. The fourth-order valence-electron chi connectivity index (χ4n) is 3.23. The molecule has 0 radical (unpaired) electrons. The maximum Gasteiger partial charge on any atom is 0.261 e. The molecule has 0 saturated heterocycles. The minimum atomic E-state index is -0.617. The van der Waals surface area contributed by atoms with Crippen LogP contribution < -0.4 is 5.32 Å². The van der Waals surface area contributed by atoms with Crippen LogP contribution in [0.5, 0.6) is 0 Å². The van der Waals surface area contributed by atoms with Crippen LogP contribution in [-0.4, -0.2) is 34.7 Å². The van der Waals surface area contributed by atoms with Gasteiger partial charge in [-0.15, -0.1) is 11.3 Å². The maximum atomic E-state index is 12.8. The largest absolute Gasteiger partial charge is 0.301 e. The van der Waals surface area contributed by atoms with Gasteiger partial charge in [0.25, 0.3) is 11.8 Å². The molecule has 4 rings (SSSR count). The highest BCUT2D eigenvalue weighted by Gasteiger charge is 2.36. The third-order valence-electron chi connectivity index (χ3n) is 4.88. The number of nitrogens with one attached hydrogen (secondary N) is 1. The zero-order valence-electron chi connectivity index (χ0n) is 15.6. The highest BCUT2D eigenvalue weighted by molar-refractivity contribution is 9.10. The van der Waals surface area contributed by atoms with Gasteiger partial charge in [-0.2, -0.15) is 0 Å². The normalized spacial score (nSPS) is 14.1. The van der Waals surface area contributed by atoms with Gasteiger partial charge in [0.15, 0.2) is 5.13 Å². The van der Waals surface area contributed by atoms with Gasteiger partial charge in [0.2, 0.25) is 5.91 Å². The van der Waals surface area contributed by atoms with Crippen molar-refractivity contribution in [2.24, 2.45) is 0 Å². The van der Waals surface area contributed by atoms with E-state index in [1.165, 1.54) is 18.4 Å². The molecule has 0 saturated carbocycles. The molecule has 0 aliphatic carbocycles. The lowest BCUT2D eigenvalue weighted by Gasteiger charge is -2.14. The van der Waals surface area contributed by atoms with Crippen molar-refractivity contribution >= 4 is 50.1 Å². The van der Waals surface area contributed by atoms with E-state index < -0.39 is 5.92 Å². The first-order valence-electron chi connectivity index (χ1n) is 8.84. The predicted octanol–water partition coefficient (Wildman–Crippen LogP) is 4.54. The second-order valence-corrected chi connectivity index (χ2v) is 8.47. The van der Waals surface area contributed by atoms with Crippen LogP contribution in [0.25, 0.3) is 11.3 Å². The van der Waals surface area contributed by atoms with E-state index in [2.05, 4.69) is 26.2 Å². The summed E-state index contributed by atoms with van der Waals surface area (Å²) in [7, 11) is 1.44. The fraction of sp³-hybridized carbons (Fsp3) is 0.143. The number of aromatic nitrogens is 1. The van der Waals surface area contributed by atoms with E-state index in [-0.39, 0.29) is 17.7 Å². The average molecular weight is 470 g/mol. The van der Waals surface area contributed by atoms with E-state index in [0.717, 1.165) is 20.6 Å². The number of fused-ring (bicyclic) bond motifs is 1. The fourth-order valence-corrected chi connectivity index (χ4v) is 4.21. The Morgan fingerprint density at radius 3 is 2.59 bits per heavy atom. The molecule has 2 aromatic carbocycles. The van der Waals surface area contributed by atoms with E-state index in [1.807, 2.05) is 29.6 Å². The summed E-state index contributed by atoms with van der Waals surface area (Å²) in [6.45, 7) is 1.71. The topological polar surface area (TPSA) is 79.4 Å². The molecule has 2 heterocycles. The number of hydrogen-bond acceptors (Lipinski definition) is 5. The molecule has 1 unspecified atom stereocenters. The Hall–Kier alpha value is -2.84. The van der Waals surface area contributed by atoms with Crippen molar-refractivity contribution in [2.75, 3.05) is 12.4 Å². The maximum absolute atomic E-state index is 12.8. The van der Waals surface area contributed by atoms with Crippen LogP contribution in [-0.2, 0) is 4.79 Å². The van der Waals surface area contributed by atoms with Crippen molar-refractivity contribution in [2.45, 2.75) is 12.8 Å². The molecule has 8 heteroatoms. The van der Waals surface area contributed by atoms with Crippen LogP contribution in [0.1, 0.15) is 39.1 Å². The standard InChI is InChI=1S/C21H16BrN3O3S/c1-11(14-4-3-5-15-17(14)20(28)25(2)19(15)27)18(26)24-21-23-16(10-29-21)12-6-8-13(22)9-7-12/h3-11H,1-2H3,(H,23,24,26). The smallest absolute Gasteiger partial charge is 0.261 e. The minimum absolute atomic E-state index is 0.287. The third kappa shape index (κ3) is 3.49. The summed E-state index contributed by atoms with van der Waals surface area (Å²) in [5.74, 6) is -1.64. The summed E-state index contributed by atoms with van der Waals surface area (Å²) >= 11 is 4.74. The second kappa shape index (κ2) is 7.53. The van der Waals surface area contributed by atoms with Gasteiger partial charge in [0.1, 0.15) is 0 Å². The van der Waals surface area contributed by atoms with E-state index in [9.17, 15) is 14.4 Å². The monoisotopic (exact) mass is 469 g/mol. The van der Waals surface area contributed by atoms with Crippen LogP contribution in [0.3, 0.4) is 0 Å². The Morgan fingerprint density at radius 1 is 1.14 bits per heavy atom. The number of carbonyl (C=O) groups is 3. The molecule has 3 aromatic rings. The lowest BCUT2D eigenvalue weighted by Crippen LogP contribution is -2.25. The predicted molar refractivity (Wildman–Crippen MR) is 115 cm³/mol. The number of halogens is 1. The third-order valence-corrected chi connectivity index (χ3v) is 6.17. The number of amides is 3. The van der Waals surface area contributed by atoms with Crippen LogP contribution in [0, 0.1) is 0 Å². The molecule has 29 heavy (non-hydrogen) atoms. The van der Waals surface area contributed by atoms with Crippen LogP contribution in [0.4, 0.5) is 5.13 Å². The molecule has 0 bridgehead atoms. The van der Waals surface area contributed by atoms with Crippen molar-refractivity contribution in [3.63, 3.8) is 0 Å². The van der Waals surface area contributed by atoms with Crippen molar-refractivity contribution in [3.8, 4) is 11.3 Å². The van der Waals surface area contributed by atoms with E-state index in [0.29, 0.717) is 21.8 Å². The van der Waals surface area contributed by atoms with Gasteiger partial charge in [-0.1, -0.05) is 40.2 Å². The van der Waals surface area contributed by atoms with Gasteiger partial charge in [0.05, 0.1) is 22.7 Å². The number of thiazole rings is 1. The number of hydrogen-bond donors (Lipinski definition) is 1. The first kappa shape index (κ1) is 19.5. The number of nitrogens with zero attached hydrogens (tertiary/aromatic N) is 2. The zero-order chi connectivity index (χ0) is 20.7. The Kier molecular flexibility index (Phi) is 5.06. The van der Waals surface area contributed by atoms with Gasteiger partial charge >= 0.3 is 0 Å². The summed E-state index contributed by atoms with van der Waals surface area (Å²) in [6, 6.07) is 12.8. The van der Waals surface area contributed by atoms with E-state index in [1.54, 1.807) is 25.1 Å². The average Bonchev–Trinajstić information content (AvgIpc) is 3.27. The molecule has 0 spiro atoms. The first-order chi connectivity index (χ1) is 13.9. The molecule has 1 aromatic heterocycles. The van der Waals surface area contributed by atoms with Crippen LogP contribution in [0.2, 0.25) is 0 Å². The van der Waals surface area contributed by atoms with Gasteiger partial charge in [0, 0.05) is 22.5 Å². The number of rotatable bonds is 4. The van der Waals surface area contributed by atoms with E-state index >= 15 is 0 Å². The lowest BCUT2D eigenvalue weighted by molar-refractivity contribution is -0.117. The highest BCUT2D eigenvalue weighted by Crippen LogP contribution is 2.31. The highest BCUT2D eigenvalue weighted by atomic mass is 79.9. The summed E-state index contributed by atoms with van der Waals surface area (Å²) in [4.78, 5) is 43.0. The number of carbonyl (C=O) groups excluding carboxylic acids is 3. The van der Waals surface area contributed by atoms with Crippen molar-refractivity contribution < 1.29 is 14.4 Å². The second-order valence-electron chi connectivity index (χ2n) is 6.69. The summed E-state index contributed by atoms with van der Waals surface area (Å²) < 4.78 is 0.980. The van der Waals surface area contributed by atoms with Crippen molar-refractivity contribution in [1.82, 2.24) is 9.88 Å². The quantitative estimate of drug-likeness (QED) is 0.568. The van der Waals surface area contributed by atoms with Gasteiger partial charge in [-0.25, -0.2) is 4.98 Å². The van der Waals surface area contributed by atoms with Crippen molar-refractivity contribution in [1.29, 1.82) is 0 Å². The Bertz CT molecular complexity index is 1140. The first-order valence-corrected chi connectivity index (χ1v) is 10.5.